The maximum absolute atomic E-state index is 5.26. The first-order valence-electron chi connectivity index (χ1n) is 7.91. The summed E-state index contributed by atoms with van der Waals surface area (Å²) in [5.41, 5.74) is 2.20. The Morgan fingerprint density at radius 2 is 2.29 bits per heavy atom. The van der Waals surface area contributed by atoms with Crippen LogP contribution in [-0.2, 0) is 0 Å². The molecule has 0 aromatic carbocycles. The molecular weight excluding hydrogens is 264 g/mol. The summed E-state index contributed by atoms with van der Waals surface area (Å²) in [6.45, 7) is 11.5. The average Bonchev–Trinajstić information content (AvgIpc) is 2.79. The van der Waals surface area contributed by atoms with E-state index in [1.165, 1.54) is 18.4 Å². The number of hydrogen-bond donors (Lipinski definition) is 1. The molecule has 0 bridgehead atoms. The molecule has 0 aliphatic carbocycles. The van der Waals surface area contributed by atoms with Crippen LogP contribution in [0.25, 0.3) is 0 Å². The summed E-state index contributed by atoms with van der Waals surface area (Å²) in [7, 11) is 1.86. The summed E-state index contributed by atoms with van der Waals surface area (Å²) in [4.78, 5) is 6.81. The van der Waals surface area contributed by atoms with Crippen molar-refractivity contribution in [1.82, 2.24) is 15.4 Å². The third kappa shape index (κ3) is 3.77. The Hall–Kier alpha value is -1.52. The van der Waals surface area contributed by atoms with Crippen LogP contribution < -0.4 is 5.32 Å². The zero-order chi connectivity index (χ0) is 15.4. The second kappa shape index (κ2) is 6.96. The SMILES string of the molecule is CN=C(NCC(C)c1c(C)noc1C)N1CCCC(C)C1. The van der Waals surface area contributed by atoms with Crippen LogP contribution >= 0.6 is 0 Å². The lowest BCUT2D eigenvalue weighted by Gasteiger charge is -2.34. The first-order chi connectivity index (χ1) is 10.0. The molecule has 2 rings (SSSR count). The maximum Gasteiger partial charge on any atom is 0.193 e. The zero-order valence-electron chi connectivity index (χ0n) is 13.9. The number of rotatable bonds is 3. The van der Waals surface area contributed by atoms with E-state index in [-0.39, 0.29) is 0 Å². The number of piperidine rings is 1. The molecule has 1 fully saturated rings. The smallest absolute Gasteiger partial charge is 0.193 e. The van der Waals surface area contributed by atoms with Crippen molar-refractivity contribution in [2.45, 2.75) is 46.5 Å². The van der Waals surface area contributed by atoms with E-state index in [1.807, 2.05) is 20.9 Å². The highest BCUT2D eigenvalue weighted by atomic mass is 16.5. The summed E-state index contributed by atoms with van der Waals surface area (Å²) in [5, 5.41) is 7.55. The van der Waals surface area contributed by atoms with E-state index < -0.39 is 0 Å². The molecule has 0 spiro atoms. The molecule has 2 unspecified atom stereocenters. The number of aromatic nitrogens is 1. The molecule has 1 aromatic rings. The van der Waals surface area contributed by atoms with E-state index in [0.717, 1.165) is 43.0 Å². The third-order valence-electron chi connectivity index (χ3n) is 4.32. The van der Waals surface area contributed by atoms with Gasteiger partial charge in [0.15, 0.2) is 5.96 Å². The van der Waals surface area contributed by atoms with E-state index in [4.69, 9.17) is 4.52 Å². The molecule has 21 heavy (non-hydrogen) atoms. The van der Waals surface area contributed by atoms with E-state index in [9.17, 15) is 0 Å². The Bertz CT molecular complexity index is 475. The fourth-order valence-electron chi connectivity index (χ4n) is 3.25. The normalized spacial score (nSPS) is 21.5. The summed E-state index contributed by atoms with van der Waals surface area (Å²) < 4.78 is 5.26. The number of nitrogens with zero attached hydrogens (tertiary/aromatic N) is 3. The Balaban J connectivity index is 1.94. The van der Waals surface area contributed by atoms with Gasteiger partial charge in [0.1, 0.15) is 5.76 Å². The molecule has 1 N–H and O–H groups in total. The second-order valence-electron chi connectivity index (χ2n) is 6.26. The van der Waals surface area contributed by atoms with Crippen LogP contribution in [0.3, 0.4) is 0 Å². The van der Waals surface area contributed by atoms with Crippen LogP contribution in [0.15, 0.2) is 9.52 Å². The van der Waals surface area contributed by atoms with E-state index in [2.05, 4.69) is 34.2 Å². The van der Waals surface area contributed by atoms with Gasteiger partial charge in [0, 0.05) is 38.2 Å². The minimum Gasteiger partial charge on any atom is -0.361 e. The number of likely N-dealkylation sites (tertiary alicyclic amines) is 1. The van der Waals surface area contributed by atoms with Crippen molar-refractivity contribution >= 4 is 5.96 Å². The third-order valence-corrected chi connectivity index (χ3v) is 4.32. The van der Waals surface area contributed by atoms with Crippen molar-refractivity contribution in [3.8, 4) is 0 Å². The van der Waals surface area contributed by atoms with Gasteiger partial charge in [0.05, 0.1) is 5.69 Å². The highest BCUT2D eigenvalue weighted by Crippen LogP contribution is 2.22. The number of hydrogen-bond acceptors (Lipinski definition) is 3. The molecular formula is C16H28N4O. The van der Waals surface area contributed by atoms with Crippen molar-refractivity contribution in [2.75, 3.05) is 26.7 Å². The standard InChI is InChI=1S/C16H28N4O/c1-11-7-6-8-20(10-11)16(17-5)18-9-12(2)15-13(3)19-21-14(15)4/h11-12H,6-10H2,1-5H3,(H,17,18). The van der Waals surface area contributed by atoms with Gasteiger partial charge >= 0.3 is 0 Å². The van der Waals surface area contributed by atoms with Crippen LogP contribution in [0.1, 0.15) is 49.6 Å². The quantitative estimate of drug-likeness (QED) is 0.687. The lowest BCUT2D eigenvalue weighted by atomic mass is 9.99. The van der Waals surface area contributed by atoms with Gasteiger partial charge in [0.2, 0.25) is 0 Å². The molecule has 0 saturated carbocycles. The first kappa shape index (κ1) is 15.9. The monoisotopic (exact) mass is 292 g/mol. The number of aryl methyl sites for hydroxylation is 2. The summed E-state index contributed by atoms with van der Waals surface area (Å²) in [6.07, 6.45) is 2.57. The van der Waals surface area contributed by atoms with E-state index in [0.29, 0.717) is 5.92 Å². The predicted molar refractivity (Wildman–Crippen MR) is 85.7 cm³/mol. The molecule has 5 nitrogen and oxygen atoms in total. The maximum atomic E-state index is 5.26. The van der Waals surface area contributed by atoms with Gasteiger partial charge in [-0.15, -0.1) is 0 Å². The van der Waals surface area contributed by atoms with E-state index >= 15 is 0 Å². The molecule has 0 amide bonds. The van der Waals surface area contributed by atoms with Crippen LogP contribution in [0, 0.1) is 19.8 Å². The minimum absolute atomic E-state index is 0.357. The lowest BCUT2D eigenvalue weighted by Crippen LogP contribution is -2.47. The highest BCUT2D eigenvalue weighted by molar-refractivity contribution is 5.80. The van der Waals surface area contributed by atoms with Crippen molar-refractivity contribution in [1.29, 1.82) is 0 Å². The fourth-order valence-corrected chi connectivity index (χ4v) is 3.25. The topological polar surface area (TPSA) is 53.7 Å². The van der Waals surface area contributed by atoms with Crippen LogP contribution in [0.4, 0.5) is 0 Å². The molecule has 1 aliphatic heterocycles. The first-order valence-corrected chi connectivity index (χ1v) is 7.91. The van der Waals surface area contributed by atoms with Gasteiger partial charge in [0.25, 0.3) is 0 Å². The van der Waals surface area contributed by atoms with Gasteiger partial charge in [-0.2, -0.15) is 0 Å². The number of nitrogens with one attached hydrogen (secondary N) is 1. The Morgan fingerprint density at radius 3 is 2.86 bits per heavy atom. The highest BCUT2D eigenvalue weighted by Gasteiger charge is 2.21. The van der Waals surface area contributed by atoms with Crippen LogP contribution in [0.5, 0.6) is 0 Å². The fraction of sp³-hybridized carbons (Fsp3) is 0.750. The molecule has 5 heteroatoms. The van der Waals surface area contributed by atoms with Crippen molar-refractivity contribution in [3.63, 3.8) is 0 Å². The Labute approximate surface area is 127 Å². The average molecular weight is 292 g/mol. The summed E-state index contributed by atoms with van der Waals surface area (Å²) >= 11 is 0. The van der Waals surface area contributed by atoms with Crippen molar-refractivity contribution in [2.24, 2.45) is 10.9 Å². The lowest BCUT2D eigenvalue weighted by molar-refractivity contribution is 0.266. The predicted octanol–water partition coefficient (Wildman–Crippen LogP) is 2.70. The second-order valence-corrected chi connectivity index (χ2v) is 6.26. The van der Waals surface area contributed by atoms with Crippen molar-refractivity contribution in [3.05, 3.63) is 17.0 Å². The van der Waals surface area contributed by atoms with Crippen molar-refractivity contribution < 1.29 is 4.52 Å². The largest absolute Gasteiger partial charge is 0.361 e. The molecule has 1 aromatic heterocycles. The van der Waals surface area contributed by atoms with Gasteiger partial charge in [-0.25, -0.2) is 0 Å². The Morgan fingerprint density at radius 1 is 1.52 bits per heavy atom. The van der Waals surface area contributed by atoms with Gasteiger partial charge in [-0.05, 0) is 32.6 Å². The van der Waals surface area contributed by atoms with Gasteiger partial charge < -0.3 is 14.7 Å². The number of guanidine groups is 1. The van der Waals surface area contributed by atoms with E-state index in [1.54, 1.807) is 0 Å². The molecule has 0 radical (unpaired) electrons. The van der Waals surface area contributed by atoms with Gasteiger partial charge in [-0.1, -0.05) is 19.0 Å². The van der Waals surface area contributed by atoms with Gasteiger partial charge in [-0.3, -0.25) is 4.99 Å². The Kier molecular flexibility index (Phi) is 5.26. The molecule has 1 saturated heterocycles. The summed E-state index contributed by atoms with van der Waals surface area (Å²) in [5.74, 6) is 3.04. The minimum atomic E-state index is 0.357. The molecule has 118 valence electrons. The molecule has 1 aliphatic rings. The zero-order valence-corrected chi connectivity index (χ0v) is 13.9. The van der Waals surface area contributed by atoms with Crippen LogP contribution in [0.2, 0.25) is 0 Å². The van der Waals surface area contributed by atoms with Crippen LogP contribution in [-0.4, -0.2) is 42.7 Å². The molecule has 2 heterocycles. The number of aliphatic imine (C=N–C) groups is 1. The molecule has 2 atom stereocenters. The summed E-state index contributed by atoms with van der Waals surface area (Å²) in [6, 6.07) is 0.